The number of aryl methyl sites for hydroxylation is 2. The highest BCUT2D eigenvalue weighted by Crippen LogP contribution is 2.22. The smallest absolute Gasteiger partial charge is 0.268 e. The van der Waals surface area contributed by atoms with Crippen molar-refractivity contribution in [2.75, 3.05) is 0 Å². The van der Waals surface area contributed by atoms with E-state index in [0.717, 1.165) is 10.9 Å². The van der Waals surface area contributed by atoms with Gasteiger partial charge in [-0.1, -0.05) is 18.2 Å². The van der Waals surface area contributed by atoms with Gasteiger partial charge in [0.05, 0.1) is 5.52 Å². The number of benzene rings is 1. The molecular weight excluding hydrogens is 224 g/mol. The zero-order chi connectivity index (χ0) is 13.5. The molecule has 0 aliphatic heterocycles. The van der Waals surface area contributed by atoms with E-state index in [1.807, 2.05) is 50.6 Å². The summed E-state index contributed by atoms with van der Waals surface area (Å²) in [5.41, 5.74) is 2.79. The quantitative estimate of drug-likeness (QED) is 0.822. The van der Waals surface area contributed by atoms with Crippen LogP contribution in [0.1, 0.15) is 36.8 Å². The Morgan fingerprint density at radius 1 is 1.28 bits per heavy atom. The minimum Gasteiger partial charge on any atom is -0.346 e. The number of rotatable bonds is 1. The monoisotopic (exact) mass is 244 g/mol. The van der Waals surface area contributed by atoms with Gasteiger partial charge in [0.15, 0.2) is 0 Å². The lowest BCUT2D eigenvalue weighted by molar-refractivity contribution is 0.0911. The molecule has 1 heterocycles. The van der Waals surface area contributed by atoms with Crippen LogP contribution in [-0.4, -0.2) is 16.0 Å². The first-order chi connectivity index (χ1) is 8.29. The molecule has 2 rings (SSSR count). The van der Waals surface area contributed by atoms with Crippen LogP contribution in [0.25, 0.3) is 10.9 Å². The minimum absolute atomic E-state index is 0.0272. The van der Waals surface area contributed by atoms with Gasteiger partial charge in [0.1, 0.15) is 5.69 Å². The normalized spacial score (nSPS) is 11.8. The van der Waals surface area contributed by atoms with Gasteiger partial charge in [-0.3, -0.25) is 4.79 Å². The van der Waals surface area contributed by atoms with Crippen LogP contribution in [0, 0.1) is 6.92 Å². The van der Waals surface area contributed by atoms with Crippen LogP contribution in [0.15, 0.2) is 24.3 Å². The van der Waals surface area contributed by atoms with E-state index in [2.05, 4.69) is 18.3 Å². The third-order valence-corrected chi connectivity index (χ3v) is 2.98. The molecule has 0 atom stereocenters. The summed E-state index contributed by atoms with van der Waals surface area (Å²) in [6.07, 6.45) is 0. The molecule has 0 saturated heterocycles. The summed E-state index contributed by atoms with van der Waals surface area (Å²) in [4.78, 5) is 12.2. The van der Waals surface area contributed by atoms with Crippen LogP contribution in [0.3, 0.4) is 0 Å². The van der Waals surface area contributed by atoms with Gasteiger partial charge in [0.2, 0.25) is 0 Å². The average Bonchev–Trinajstić information content (AvgIpc) is 2.55. The van der Waals surface area contributed by atoms with E-state index in [0.29, 0.717) is 5.69 Å². The number of fused-ring (bicyclic) bond motifs is 1. The van der Waals surface area contributed by atoms with E-state index in [4.69, 9.17) is 0 Å². The van der Waals surface area contributed by atoms with Crippen molar-refractivity contribution in [2.45, 2.75) is 33.2 Å². The second-order valence-corrected chi connectivity index (χ2v) is 5.81. The molecule has 0 spiro atoms. The third-order valence-electron chi connectivity index (χ3n) is 2.98. The van der Waals surface area contributed by atoms with Gasteiger partial charge in [-0.25, -0.2) is 0 Å². The SMILES string of the molecule is Cc1cccc2cc(C(=O)NC(C)(C)C)n(C)c12. The fourth-order valence-electron chi connectivity index (χ4n) is 2.24. The molecule has 3 nitrogen and oxygen atoms in total. The number of amides is 1. The van der Waals surface area contributed by atoms with E-state index >= 15 is 0 Å². The van der Waals surface area contributed by atoms with Crippen LogP contribution in [0.4, 0.5) is 0 Å². The summed E-state index contributed by atoms with van der Waals surface area (Å²) in [7, 11) is 1.94. The molecule has 1 N–H and O–H groups in total. The average molecular weight is 244 g/mol. The number of carbonyl (C=O) groups is 1. The number of hydrogen-bond donors (Lipinski definition) is 1. The summed E-state index contributed by atoms with van der Waals surface area (Å²) in [5.74, 6) is -0.0272. The van der Waals surface area contributed by atoms with Crippen LogP contribution < -0.4 is 5.32 Å². The van der Waals surface area contributed by atoms with Gasteiger partial charge in [0, 0.05) is 18.0 Å². The van der Waals surface area contributed by atoms with Crippen molar-refractivity contribution in [2.24, 2.45) is 7.05 Å². The Hall–Kier alpha value is -1.77. The highest BCUT2D eigenvalue weighted by molar-refractivity contribution is 5.99. The lowest BCUT2D eigenvalue weighted by Crippen LogP contribution is -2.41. The molecule has 2 aromatic rings. The highest BCUT2D eigenvalue weighted by atomic mass is 16.2. The molecule has 0 saturated carbocycles. The number of para-hydroxylation sites is 1. The molecule has 3 heteroatoms. The van der Waals surface area contributed by atoms with Gasteiger partial charge in [0.25, 0.3) is 5.91 Å². The molecule has 0 unspecified atom stereocenters. The first kappa shape index (κ1) is 12.7. The lowest BCUT2D eigenvalue weighted by Gasteiger charge is -2.20. The third kappa shape index (κ3) is 2.26. The lowest BCUT2D eigenvalue weighted by atomic mass is 10.1. The van der Waals surface area contributed by atoms with Crippen molar-refractivity contribution in [3.63, 3.8) is 0 Å². The zero-order valence-corrected chi connectivity index (χ0v) is 11.7. The highest BCUT2D eigenvalue weighted by Gasteiger charge is 2.19. The number of hydrogen-bond acceptors (Lipinski definition) is 1. The predicted molar refractivity (Wildman–Crippen MR) is 74.9 cm³/mol. The van der Waals surface area contributed by atoms with Crippen molar-refractivity contribution in [1.82, 2.24) is 9.88 Å². The first-order valence-electron chi connectivity index (χ1n) is 6.17. The maximum absolute atomic E-state index is 12.2. The van der Waals surface area contributed by atoms with Crippen LogP contribution in [0.5, 0.6) is 0 Å². The number of aromatic nitrogens is 1. The summed E-state index contributed by atoms with van der Waals surface area (Å²) in [6, 6.07) is 8.07. The van der Waals surface area contributed by atoms with E-state index in [9.17, 15) is 4.79 Å². The van der Waals surface area contributed by atoms with Gasteiger partial charge >= 0.3 is 0 Å². The minimum atomic E-state index is -0.220. The Balaban J connectivity index is 2.50. The number of nitrogens with one attached hydrogen (secondary N) is 1. The molecular formula is C15H20N2O. The fraction of sp³-hybridized carbons (Fsp3) is 0.400. The van der Waals surface area contributed by atoms with Gasteiger partial charge in [-0.05, 0) is 39.3 Å². The Bertz CT molecular complexity index is 603. The molecule has 0 aliphatic carbocycles. The van der Waals surface area contributed by atoms with E-state index in [-0.39, 0.29) is 11.4 Å². The molecule has 0 aliphatic rings. The standard InChI is InChI=1S/C15H20N2O/c1-10-7-6-8-11-9-12(17(5)13(10)11)14(18)16-15(2,3)4/h6-9H,1-5H3,(H,16,18). The maximum Gasteiger partial charge on any atom is 0.268 e. The molecule has 18 heavy (non-hydrogen) atoms. The van der Waals surface area contributed by atoms with Crippen LogP contribution in [-0.2, 0) is 7.05 Å². The molecule has 0 bridgehead atoms. The zero-order valence-electron chi connectivity index (χ0n) is 11.7. The van der Waals surface area contributed by atoms with Crippen molar-refractivity contribution in [1.29, 1.82) is 0 Å². The predicted octanol–water partition coefficient (Wildman–Crippen LogP) is 3.02. The number of nitrogens with zero attached hydrogens (tertiary/aromatic N) is 1. The number of carbonyl (C=O) groups excluding carboxylic acids is 1. The Morgan fingerprint density at radius 2 is 1.94 bits per heavy atom. The fourth-order valence-corrected chi connectivity index (χ4v) is 2.24. The Kier molecular flexibility index (Phi) is 2.93. The summed E-state index contributed by atoms with van der Waals surface area (Å²) >= 11 is 0. The second-order valence-electron chi connectivity index (χ2n) is 5.81. The summed E-state index contributed by atoms with van der Waals surface area (Å²) < 4.78 is 1.96. The van der Waals surface area contributed by atoms with Crippen molar-refractivity contribution >= 4 is 16.8 Å². The van der Waals surface area contributed by atoms with E-state index in [1.165, 1.54) is 5.56 Å². The summed E-state index contributed by atoms with van der Waals surface area (Å²) in [6.45, 7) is 8.02. The van der Waals surface area contributed by atoms with Crippen molar-refractivity contribution < 1.29 is 4.79 Å². The molecule has 0 radical (unpaired) electrons. The van der Waals surface area contributed by atoms with Gasteiger partial charge in [-0.2, -0.15) is 0 Å². The largest absolute Gasteiger partial charge is 0.346 e. The van der Waals surface area contributed by atoms with E-state index in [1.54, 1.807) is 0 Å². The first-order valence-corrected chi connectivity index (χ1v) is 6.17. The molecule has 1 aromatic heterocycles. The van der Waals surface area contributed by atoms with Crippen LogP contribution >= 0.6 is 0 Å². The maximum atomic E-state index is 12.2. The second kappa shape index (κ2) is 4.16. The molecule has 1 amide bonds. The molecule has 96 valence electrons. The van der Waals surface area contributed by atoms with E-state index < -0.39 is 0 Å². The van der Waals surface area contributed by atoms with Crippen molar-refractivity contribution in [3.8, 4) is 0 Å². The molecule has 1 aromatic carbocycles. The van der Waals surface area contributed by atoms with Gasteiger partial charge in [-0.15, -0.1) is 0 Å². The summed E-state index contributed by atoms with van der Waals surface area (Å²) in [5, 5.41) is 4.10. The topological polar surface area (TPSA) is 34.0 Å². The van der Waals surface area contributed by atoms with Crippen molar-refractivity contribution in [3.05, 3.63) is 35.5 Å². The Morgan fingerprint density at radius 3 is 2.50 bits per heavy atom. The molecule has 0 fully saturated rings. The van der Waals surface area contributed by atoms with Gasteiger partial charge < -0.3 is 9.88 Å². The Labute approximate surface area is 108 Å². The van der Waals surface area contributed by atoms with Crippen LogP contribution in [0.2, 0.25) is 0 Å².